The Morgan fingerprint density at radius 3 is 2.39 bits per heavy atom. The fourth-order valence-electron chi connectivity index (χ4n) is 14.3. The smallest absolute Gasteiger partial charge is 0.409 e. The van der Waals surface area contributed by atoms with E-state index < -0.39 is 48.0 Å². The van der Waals surface area contributed by atoms with Gasteiger partial charge >= 0.3 is 18.0 Å². The summed E-state index contributed by atoms with van der Waals surface area (Å²) in [7, 11) is 1.63. The number of aromatic nitrogens is 2. The molecular weight excluding hydrogens is 1270 g/mol. The third kappa shape index (κ3) is 17.0. The summed E-state index contributed by atoms with van der Waals surface area (Å²) in [4.78, 5) is 118. The minimum absolute atomic E-state index is 0.0187. The second-order valence-electron chi connectivity index (χ2n) is 27.1. The van der Waals surface area contributed by atoms with Crippen LogP contribution < -0.4 is 26.4 Å². The standard InChI is InChI=1S/C73H83N9O15S/c1-44(52(38-74)49-23-24-53(78-64(49)67(91)92)47-22-21-46-15-12-16-50(51(46)35-47)65(88)80-68-79-54-17-9-10-18-58(54)98-68)76-43-71(4)41-72(5)39-70(2,3)40-73(72,42-71)95-33-31-81(6)69(93)94-32-13-14-45-20-25-56(96-63-37-48(83)36-57(97-63)66(89)90)55(34-45)77-60(85)28-29-75-59(84)19-8-7-11-30-82-61(86)26-27-62(82)87/h9-10,12-18,20-27,34-35,38,48,57,63,83H,7-8,11,19,28-33,36-37,39-43,74H2,1-6H3,(H,75,84)(H,77,85)(H,89,90)(H,91,92)(H,79,80,88)/b14-13+,52-38?,76-44?/t48-,57-,63+,71?,72?,73?/m0/s1. The zero-order valence-corrected chi connectivity index (χ0v) is 56.6. The number of para-hydroxylation sites is 1. The van der Waals surface area contributed by atoms with E-state index >= 15 is 0 Å². The number of hydrogen-bond donors (Lipinski definition) is 7. The lowest BCUT2D eigenvalue weighted by atomic mass is 9.76. The second kappa shape index (κ2) is 30.4. The fraction of sp³-hybridized carbons (Fsp3) is 0.411. The molecule has 2 aliphatic heterocycles. The highest BCUT2D eigenvalue weighted by Gasteiger charge is 2.66. The van der Waals surface area contributed by atoms with Crippen LogP contribution in [0.2, 0.25) is 0 Å². The Morgan fingerprint density at radius 1 is 0.847 bits per heavy atom. The van der Waals surface area contributed by atoms with Crippen molar-refractivity contribution in [3.63, 3.8) is 0 Å². The number of carbonyl (C=O) groups is 8. The number of nitrogens with two attached hydrogens (primary N) is 1. The van der Waals surface area contributed by atoms with Gasteiger partial charge in [0.1, 0.15) is 12.4 Å². The lowest BCUT2D eigenvalue weighted by molar-refractivity contribution is -0.195. The van der Waals surface area contributed by atoms with Gasteiger partial charge in [0.15, 0.2) is 16.9 Å². The molecule has 2 aliphatic carbocycles. The number of aliphatic hydroxyl groups is 1. The predicted octanol–water partition coefficient (Wildman–Crippen LogP) is 10.6. The van der Waals surface area contributed by atoms with Gasteiger partial charge in [-0.3, -0.25) is 39.2 Å². The number of aliphatic hydroxyl groups excluding tert-OH is 1. The number of carboxylic acids is 2. The molecule has 6 amide bonds. The first-order valence-electron chi connectivity index (χ1n) is 32.8. The van der Waals surface area contributed by atoms with E-state index in [9.17, 15) is 53.7 Å². The van der Waals surface area contributed by atoms with Crippen molar-refractivity contribution in [1.82, 2.24) is 25.1 Å². The van der Waals surface area contributed by atoms with Crippen LogP contribution in [0.3, 0.4) is 0 Å². The van der Waals surface area contributed by atoms with Crippen molar-refractivity contribution >= 4 is 108 Å². The number of carboxylic acid groups (broad SMARTS) is 2. The molecule has 0 spiro atoms. The second-order valence-corrected chi connectivity index (χ2v) is 28.1. The van der Waals surface area contributed by atoms with Crippen LogP contribution in [0.4, 0.5) is 15.6 Å². The summed E-state index contributed by atoms with van der Waals surface area (Å²) in [6.07, 6.45) is 7.82. The molecule has 3 unspecified atom stereocenters. The van der Waals surface area contributed by atoms with Gasteiger partial charge in [0.2, 0.25) is 18.1 Å². The molecule has 0 radical (unpaired) electrons. The average Bonchev–Trinajstić information content (AvgIpc) is 1.54. The van der Waals surface area contributed by atoms with Crippen LogP contribution in [-0.2, 0) is 38.2 Å². The number of nitrogens with zero attached hydrogens (tertiary/aromatic N) is 5. The Labute approximate surface area is 571 Å². The number of allylic oxidation sites excluding steroid dienone is 1. The Balaban J connectivity index is 0.729. The number of imide groups is 1. The highest BCUT2D eigenvalue weighted by atomic mass is 32.1. The van der Waals surface area contributed by atoms with Crippen molar-refractivity contribution in [2.24, 2.45) is 27.0 Å². The lowest BCUT2D eigenvalue weighted by Gasteiger charge is -2.38. The van der Waals surface area contributed by atoms with Crippen molar-refractivity contribution in [2.75, 3.05) is 57.1 Å². The Bertz CT molecular complexity index is 4150. The molecule has 6 aromatic rings. The highest BCUT2D eigenvalue weighted by Crippen LogP contribution is 2.69. The van der Waals surface area contributed by atoms with E-state index in [4.69, 9.17) is 29.7 Å². The molecule has 4 aromatic carbocycles. The van der Waals surface area contributed by atoms with E-state index in [1.54, 1.807) is 55.6 Å². The summed E-state index contributed by atoms with van der Waals surface area (Å²) in [6.45, 7) is 11.8. The monoisotopic (exact) mass is 1360 g/mol. The first-order valence-corrected chi connectivity index (χ1v) is 33.6. The van der Waals surface area contributed by atoms with Gasteiger partial charge < -0.3 is 55.5 Å². The number of anilines is 2. The van der Waals surface area contributed by atoms with Crippen LogP contribution in [0, 0.1) is 16.2 Å². The Hall–Kier alpha value is -9.69. The third-order valence-electron chi connectivity index (χ3n) is 18.5. The average molecular weight is 1360 g/mol. The van der Waals surface area contributed by atoms with Crippen molar-refractivity contribution in [3.8, 4) is 17.0 Å². The van der Waals surface area contributed by atoms with Crippen molar-refractivity contribution in [2.45, 2.75) is 129 Å². The van der Waals surface area contributed by atoms with Gasteiger partial charge in [-0.05, 0) is 133 Å². The number of ether oxygens (including phenoxy) is 4. The van der Waals surface area contributed by atoms with Crippen molar-refractivity contribution in [3.05, 3.63) is 138 Å². The minimum atomic E-state index is -1.31. The largest absolute Gasteiger partial charge is 0.479 e. The van der Waals surface area contributed by atoms with E-state index in [0.717, 1.165) is 39.8 Å². The number of hydrogen-bond acceptors (Lipinski definition) is 18. The minimum Gasteiger partial charge on any atom is -0.479 e. The summed E-state index contributed by atoms with van der Waals surface area (Å²) in [6, 6.07) is 26.9. The number of benzene rings is 4. The van der Waals surface area contributed by atoms with Crippen molar-refractivity contribution in [1.29, 1.82) is 0 Å². The zero-order valence-electron chi connectivity index (χ0n) is 55.8. The molecule has 10 rings (SSSR count). The number of unbranched alkanes of at least 4 members (excludes halogenated alkanes) is 2. The van der Waals surface area contributed by atoms with Crippen LogP contribution in [0.25, 0.3) is 43.9 Å². The van der Waals surface area contributed by atoms with Gasteiger partial charge in [0.05, 0.1) is 39.9 Å². The Kier molecular flexibility index (Phi) is 22.0. The summed E-state index contributed by atoms with van der Waals surface area (Å²) in [5, 5.41) is 41.1. The molecule has 2 aromatic heterocycles. The van der Waals surface area contributed by atoms with Gasteiger partial charge in [0.25, 0.3) is 17.7 Å². The summed E-state index contributed by atoms with van der Waals surface area (Å²) < 4.78 is 25.2. The molecule has 25 heteroatoms. The number of nitrogens with one attached hydrogen (secondary N) is 3. The lowest BCUT2D eigenvalue weighted by Crippen LogP contribution is -2.42. The number of carbonyl (C=O) groups excluding carboxylic acids is 6. The molecule has 6 atom stereocenters. The maximum atomic E-state index is 13.7. The maximum Gasteiger partial charge on any atom is 0.409 e. The number of rotatable bonds is 28. The Morgan fingerprint density at radius 2 is 1.63 bits per heavy atom. The van der Waals surface area contributed by atoms with Gasteiger partial charge in [-0.1, -0.05) is 94.0 Å². The molecule has 0 bridgehead atoms. The maximum absolute atomic E-state index is 13.7. The number of likely N-dealkylation sites (N-methyl/N-ethyl adjacent to an activating group) is 1. The number of amides is 6. The molecule has 1 saturated heterocycles. The molecule has 3 fully saturated rings. The van der Waals surface area contributed by atoms with Gasteiger partial charge in [-0.15, -0.1) is 0 Å². The molecule has 24 nitrogen and oxygen atoms in total. The first kappa shape index (κ1) is 71.1. The van der Waals surface area contributed by atoms with Crippen LogP contribution in [0.1, 0.15) is 137 Å². The molecular formula is C73H83N9O15S. The number of aliphatic carboxylic acids is 1. The van der Waals surface area contributed by atoms with Crippen LogP contribution in [0.15, 0.2) is 120 Å². The van der Waals surface area contributed by atoms with E-state index in [1.807, 2.05) is 61.5 Å². The SMILES string of the molecule is CC(=NCC1(C)CC2(C)CC(C)(C)CC2(OCCN(C)C(=O)OC/C=C/c2ccc(O[C@H]3C[C@@H](O)C[C@@H](C(=O)O)O3)c(NC(=O)CCNC(=O)CCCCCN3C(=O)C=CC3=O)c2)C1)C(=CN)c1ccc(-c2ccc3cccc(C(=O)Nc4nc5ccccc5s4)c3c2)nc1C(=O)O. The normalized spacial score (nSPS) is 22.2. The third-order valence-corrected chi connectivity index (χ3v) is 19.5. The highest BCUT2D eigenvalue weighted by molar-refractivity contribution is 7.22. The van der Waals surface area contributed by atoms with Gasteiger partial charge in [-0.25, -0.2) is 24.4 Å². The number of pyridine rings is 1. The first-order chi connectivity index (χ1) is 46.7. The quantitative estimate of drug-likeness (QED) is 0.0136. The summed E-state index contributed by atoms with van der Waals surface area (Å²) >= 11 is 1.38. The predicted molar refractivity (Wildman–Crippen MR) is 371 cm³/mol. The topological polar surface area (TPSA) is 341 Å². The molecule has 4 aliphatic rings. The molecule has 98 heavy (non-hydrogen) atoms. The van der Waals surface area contributed by atoms with Crippen LogP contribution in [0.5, 0.6) is 5.75 Å². The van der Waals surface area contributed by atoms with E-state index in [0.29, 0.717) is 82.0 Å². The number of aromatic carboxylic acids is 1. The van der Waals surface area contributed by atoms with Gasteiger partial charge in [0, 0.05) is 105 Å². The van der Waals surface area contributed by atoms with E-state index in [1.165, 1.54) is 34.6 Å². The van der Waals surface area contributed by atoms with Crippen LogP contribution in [-0.4, -0.2) is 159 Å². The van der Waals surface area contributed by atoms with Gasteiger partial charge in [-0.2, -0.15) is 0 Å². The number of aliphatic imine (C=N–C) groups is 1. The molecule has 4 heterocycles. The molecule has 516 valence electrons. The molecule has 8 N–H and O–H groups in total. The molecule has 2 saturated carbocycles. The zero-order chi connectivity index (χ0) is 70.1. The van der Waals surface area contributed by atoms with Crippen LogP contribution >= 0.6 is 11.3 Å². The fourth-order valence-corrected chi connectivity index (χ4v) is 15.2. The number of thiazole rings is 1. The summed E-state index contributed by atoms with van der Waals surface area (Å²) in [5.41, 5.74) is 9.20. The van der Waals surface area contributed by atoms with Crippen molar-refractivity contribution < 1.29 is 72.6 Å². The number of fused-ring (bicyclic) bond motifs is 3. The summed E-state index contributed by atoms with van der Waals surface area (Å²) in [5.74, 6) is -4.17. The van der Waals surface area contributed by atoms with E-state index in [2.05, 4.69) is 53.6 Å². The van der Waals surface area contributed by atoms with E-state index in [-0.39, 0.29) is 116 Å².